The number of nitrogens with one attached hydrogen (secondary N) is 1. The SMILES string of the molecule is NS(=O)(=O)CCNc1ccncc1Br. The van der Waals surface area contributed by atoms with E-state index in [1.807, 2.05) is 0 Å². The van der Waals surface area contributed by atoms with Crippen molar-refractivity contribution in [3.8, 4) is 0 Å². The highest BCUT2D eigenvalue weighted by molar-refractivity contribution is 9.10. The molecule has 0 aliphatic carbocycles. The van der Waals surface area contributed by atoms with Gasteiger partial charge in [-0.25, -0.2) is 13.6 Å². The molecule has 0 radical (unpaired) electrons. The third-order valence-corrected chi connectivity index (χ3v) is 2.88. The predicted molar refractivity (Wildman–Crippen MR) is 58.4 cm³/mol. The van der Waals surface area contributed by atoms with E-state index >= 15 is 0 Å². The summed E-state index contributed by atoms with van der Waals surface area (Å²) in [5.74, 6) is -0.0955. The number of rotatable bonds is 4. The Kier molecular flexibility index (Phi) is 3.85. The molecule has 14 heavy (non-hydrogen) atoms. The standard InChI is InChI=1S/C7H10BrN3O2S/c8-6-5-10-2-1-7(6)11-3-4-14(9,12)13/h1-2,5H,3-4H2,(H,10,11)(H2,9,12,13). The van der Waals surface area contributed by atoms with Gasteiger partial charge in [-0.05, 0) is 22.0 Å². The highest BCUT2D eigenvalue weighted by atomic mass is 79.9. The Bertz CT molecular complexity index is 407. The highest BCUT2D eigenvalue weighted by Gasteiger charge is 2.03. The number of pyridine rings is 1. The number of aromatic nitrogens is 1. The molecule has 0 spiro atoms. The van der Waals surface area contributed by atoms with Crippen molar-refractivity contribution in [3.05, 3.63) is 22.9 Å². The molecule has 0 saturated carbocycles. The summed E-state index contributed by atoms with van der Waals surface area (Å²) in [5.41, 5.74) is 0.795. The maximum atomic E-state index is 10.6. The largest absolute Gasteiger partial charge is 0.383 e. The normalized spacial score (nSPS) is 11.3. The zero-order chi connectivity index (χ0) is 10.6. The first-order chi connectivity index (χ1) is 6.49. The first-order valence-electron chi connectivity index (χ1n) is 3.83. The van der Waals surface area contributed by atoms with Crippen LogP contribution < -0.4 is 10.5 Å². The van der Waals surface area contributed by atoms with Crippen LogP contribution in [0.25, 0.3) is 0 Å². The Morgan fingerprint density at radius 1 is 1.57 bits per heavy atom. The average Bonchev–Trinajstić information content (AvgIpc) is 2.06. The molecule has 1 aromatic rings. The van der Waals surface area contributed by atoms with Gasteiger partial charge in [-0.2, -0.15) is 0 Å². The minimum Gasteiger partial charge on any atom is -0.383 e. The van der Waals surface area contributed by atoms with E-state index in [-0.39, 0.29) is 12.3 Å². The summed E-state index contributed by atoms with van der Waals surface area (Å²) in [4.78, 5) is 3.87. The van der Waals surface area contributed by atoms with Crippen molar-refractivity contribution in [1.82, 2.24) is 4.98 Å². The molecule has 1 aromatic heterocycles. The molecule has 0 unspecified atom stereocenters. The molecule has 0 bridgehead atoms. The van der Waals surface area contributed by atoms with Gasteiger partial charge in [0.1, 0.15) is 0 Å². The molecular formula is C7H10BrN3O2S. The maximum Gasteiger partial charge on any atom is 0.210 e. The van der Waals surface area contributed by atoms with E-state index in [1.54, 1.807) is 18.5 Å². The van der Waals surface area contributed by atoms with Crippen LogP contribution in [-0.2, 0) is 10.0 Å². The van der Waals surface area contributed by atoms with Gasteiger partial charge in [-0.3, -0.25) is 4.98 Å². The van der Waals surface area contributed by atoms with Gasteiger partial charge in [0.25, 0.3) is 0 Å². The molecule has 0 aliphatic rings. The van der Waals surface area contributed by atoms with Crippen molar-refractivity contribution < 1.29 is 8.42 Å². The molecule has 0 aliphatic heterocycles. The summed E-state index contributed by atoms with van der Waals surface area (Å²) < 4.78 is 22.0. The number of nitrogens with two attached hydrogens (primary N) is 1. The van der Waals surface area contributed by atoms with E-state index in [2.05, 4.69) is 26.2 Å². The van der Waals surface area contributed by atoms with E-state index in [4.69, 9.17) is 5.14 Å². The summed E-state index contributed by atoms with van der Waals surface area (Å²) in [6.07, 6.45) is 3.24. The molecule has 1 heterocycles. The Balaban J connectivity index is 2.51. The van der Waals surface area contributed by atoms with E-state index in [0.717, 1.165) is 10.2 Å². The van der Waals surface area contributed by atoms with Gasteiger partial charge in [0.15, 0.2) is 0 Å². The summed E-state index contributed by atoms with van der Waals surface area (Å²) in [6, 6.07) is 1.74. The molecule has 5 nitrogen and oxygen atoms in total. The van der Waals surface area contributed by atoms with Crippen molar-refractivity contribution in [3.63, 3.8) is 0 Å². The number of halogens is 1. The van der Waals surface area contributed by atoms with Crippen LogP contribution in [0.15, 0.2) is 22.9 Å². The van der Waals surface area contributed by atoms with Crippen molar-refractivity contribution in [2.24, 2.45) is 5.14 Å². The number of nitrogens with zero attached hydrogens (tertiary/aromatic N) is 1. The maximum absolute atomic E-state index is 10.6. The second-order valence-electron chi connectivity index (χ2n) is 2.65. The van der Waals surface area contributed by atoms with Gasteiger partial charge in [-0.15, -0.1) is 0 Å². The number of primary sulfonamides is 1. The fraction of sp³-hybridized carbons (Fsp3) is 0.286. The van der Waals surface area contributed by atoms with Crippen LogP contribution in [0.3, 0.4) is 0 Å². The fourth-order valence-electron chi connectivity index (χ4n) is 0.847. The highest BCUT2D eigenvalue weighted by Crippen LogP contribution is 2.19. The smallest absolute Gasteiger partial charge is 0.210 e. The lowest BCUT2D eigenvalue weighted by Crippen LogP contribution is -2.22. The molecule has 0 amide bonds. The zero-order valence-electron chi connectivity index (χ0n) is 7.27. The predicted octanol–water partition coefficient (Wildman–Crippen LogP) is 0.544. The molecule has 0 saturated heterocycles. The molecule has 1 rings (SSSR count). The first-order valence-corrected chi connectivity index (χ1v) is 6.34. The minimum atomic E-state index is -3.40. The van der Waals surface area contributed by atoms with Crippen molar-refractivity contribution >= 4 is 31.6 Å². The van der Waals surface area contributed by atoms with Crippen molar-refractivity contribution in [2.45, 2.75) is 0 Å². The average molecular weight is 280 g/mol. The van der Waals surface area contributed by atoms with Crippen LogP contribution in [0.5, 0.6) is 0 Å². The number of sulfonamides is 1. The molecule has 78 valence electrons. The lowest BCUT2D eigenvalue weighted by atomic mass is 10.4. The van der Waals surface area contributed by atoms with Crippen LogP contribution in [0, 0.1) is 0 Å². The lowest BCUT2D eigenvalue weighted by molar-refractivity contribution is 0.598. The monoisotopic (exact) mass is 279 g/mol. The summed E-state index contributed by atoms with van der Waals surface area (Å²) in [6.45, 7) is 0.279. The number of anilines is 1. The number of hydrogen-bond donors (Lipinski definition) is 2. The van der Waals surface area contributed by atoms with E-state index in [0.29, 0.717) is 0 Å². The van der Waals surface area contributed by atoms with Crippen LogP contribution in [0.2, 0.25) is 0 Å². The molecular weight excluding hydrogens is 270 g/mol. The van der Waals surface area contributed by atoms with E-state index < -0.39 is 10.0 Å². The van der Waals surface area contributed by atoms with Gasteiger partial charge < -0.3 is 5.32 Å². The van der Waals surface area contributed by atoms with Crippen molar-refractivity contribution in [1.29, 1.82) is 0 Å². The third kappa shape index (κ3) is 4.03. The Labute approximate surface area is 90.9 Å². The van der Waals surface area contributed by atoms with Crippen LogP contribution >= 0.6 is 15.9 Å². The van der Waals surface area contributed by atoms with Crippen LogP contribution in [-0.4, -0.2) is 25.7 Å². The van der Waals surface area contributed by atoms with Gasteiger partial charge in [0.2, 0.25) is 10.0 Å². The third-order valence-electron chi connectivity index (χ3n) is 1.47. The van der Waals surface area contributed by atoms with Gasteiger partial charge in [-0.1, -0.05) is 0 Å². The van der Waals surface area contributed by atoms with Crippen LogP contribution in [0.1, 0.15) is 0 Å². The molecule has 0 aromatic carbocycles. The first kappa shape index (κ1) is 11.4. The summed E-state index contributed by atoms with van der Waals surface area (Å²) in [7, 11) is -3.40. The zero-order valence-corrected chi connectivity index (χ0v) is 9.68. The Morgan fingerprint density at radius 2 is 2.29 bits per heavy atom. The Hall–Kier alpha value is -0.660. The van der Waals surface area contributed by atoms with Crippen LogP contribution in [0.4, 0.5) is 5.69 Å². The van der Waals surface area contributed by atoms with Crippen molar-refractivity contribution in [2.75, 3.05) is 17.6 Å². The lowest BCUT2D eigenvalue weighted by Gasteiger charge is -2.06. The quantitative estimate of drug-likeness (QED) is 0.843. The Morgan fingerprint density at radius 3 is 2.86 bits per heavy atom. The van der Waals surface area contributed by atoms with Gasteiger partial charge >= 0.3 is 0 Å². The second kappa shape index (κ2) is 4.72. The second-order valence-corrected chi connectivity index (χ2v) is 5.24. The van der Waals surface area contributed by atoms with Gasteiger partial charge in [0, 0.05) is 18.9 Å². The van der Waals surface area contributed by atoms with E-state index in [9.17, 15) is 8.42 Å². The topological polar surface area (TPSA) is 85.1 Å². The van der Waals surface area contributed by atoms with E-state index in [1.165, 1.54) is 0 Å². The molecule has 0 atom stereocenters. The summed E-state index contributed by atoms with van der Waals surface area (Å²) >= 11 is 3.27. The molecule has 0 fully saturated rings. The molecule has 3 N–H and O–H groups in total. The summed E-state index contributed by atoms with van der Waals surface area (Å²) in [5, 5.41) is 7.77. The number of hydrogen-bond acceptors (Lipinski definition) is 4. The minimum absolute atomic E-state index is 0.0955. The molecule has 7 heteroatoms. The van der Waals surface area contributed by atoms with Gasteiger partial charge in [0.05, 0.1) is 15.9 Å². The fourth-order valence-corrected chi connectivity index (χ4v) is 1.62.